The lowest BCUT2D eigenvalue weighted by molar-refractivity contribution is 0.110. The van der Waals surface area contributed by atoms with Crippen molar-refractivity contribution >= 4 is 6.21 Å². The maximum atomic E-state index is 12.8. The first-order valence-corrected chi connectivity index (χ1v) is 10.6. The largest absolute Gasteiger partial charge is 0.370 e. The Morgan fingerprint density at radius 3 is 3.03 bits per heavy atom. The lowest BCUT2D eigenvalue weighted by atomic mass is 10.1. The van der Waals surface area contributed by atoms with Gasteiger partial charge in [-0.2, -0.15) is 5.26 Å². The number of rotatable bonds is 2. The lowest BCUT2D eigenvalue weighted by Gasteiger charge is -2.41. The molecule has 0 unspecified atom stereocenters. The van der Waals surface area contributed by atoms with Crippen molar-refractivity contribution in [1.29, 1.82) is 5.26 Å². The number of piperazine rings is 1. The monoisotopic (exact) mass is 403 g/mol. The van der Waals surface area contributed by atoms with Gasteiger partial charge >= 0.3 is 0 Å². The fourth-order valence-corrected chi connectivity index (χ4v) is 4.49. The Morgan fingerprint density at radius 1 is 1.23 bits per heavy atom. The highest BCUT2D eigenvalue weighted by Gasteiger charge is 2.37. The molecule has 4 rings (SSSR count). The topological polar surface area (TPSA) is 55.5 Å². The Morgan fingerprint density at radius 2 is 2.17 bits per heavy atom. The molecule has 0 saturated carbocycles. The molecule has 0 N–H and O–H groups in total. The minimum absolute atomic E-state index is 0.208. The predicted molar refractivity (Wildman–Crippen MR) is 115 cm³/mol. The van der Waals surface area contributed by atoms with Gasteiger partial charge in [0.15, 0.2) is 5.70 Å². The minimum Gasteiger partial charge on any atom is -0.370 e. The summed E-state index contributed by atoms with van der Waals surface area (Å²) < 4.78 is 12.8. The van der Waals surface area contributed by atoms with Gasteiger partial charge in [-0.15, -0.1) is 0 Å². The second-order valence-corrected chi connectivity index (χ2v) is 7.85. The Balaban J connectivity index is 1.46. The zero-order valence-electron chi connectivity index (χ0n) is 17.1. The van der Waals surface area contributed by atoms with Crippen LogP contribution in [-0.2, 0) is 6.67 Å². The summed E-state index contributed by atoms with van der Waals surface area (Å²) in [6.07, 6.45) is 10.8. The lowest BCUT2D eigenvalue weighted by Crippen LogP contribution is -2.52. The molecule has 2 fully saturated rings. The van der Waals surface area contributed by atoms with Crippen LogP contribution < -0.4 is 0 Å². The highest BCUT2D eigenvalue weighted by atomic mass is 19.1. The molecule has 4 heterocycles. The molecule has 6 heteroatoms. The van der Waals surface area contributed by atoms with Gasteiger partial charge in [0, 0.05) is 31.9 Å². The van der Waals surface area contributed by atoms with Crippen LogP contribution in [0.2, 0.25) is 0 Å². The van der Waals surface area contributed by atoms with E-state index in [0.29, 0.717) is 23.1 Å². The standard InChI is InChI=1S/C24H26FN5/c25-16-20-7-5-6-19(28-20)9-10-21-11-12-22-18-29(14-15-30(21)22)24-8-3-1-2-4-13-27-23(24)17-26/h2,4-7,13,21-22H,1,3,8,11-12,14-16,18H2/b4-2-,24-23+,27-13-/t21-,22-/m1/s1. The van der Waals surface area contributed by atoms with E-state index in [2.05, 4.69) is 43.8 Å². The molecule has 30 heavy (non-hydrogen) atoms. The van der Waals surface area contributed by atoms with Crippen LogP contribution in [0.5, 0.6) is 0 Å². The number of hydrogen-bond donors (Lipinski definition) is 0. The summed E-state index contributed by atoms with van der Waals surface area (Å²) in [5.41, 5.74) is 2.68. The van der Waals surface area contributed by atoms with Crippen LogP contribution in [0.25, 0.3) is 0 Å². The molecular formula is C24H26FN5. The van der Waals surface area contributed by atoms with Crippen molar-refractivity contribution in [1.82, 2.24) is 14.8 Å². The van der Waals surface area contributed by atoms with Crippen molar-refractivity contribution < 1.29 is 4.39 Å². The molecule has 0 aliphatic carbocycles. The molecule has 1 aromatic heterocycles. The van der Waals surface area contributed by atoms with E-state index in [1.165, 1.54) is 0 Å². The van der Waals surface area contributed by atoms with Crippen molar-refractivity contribution in [3.05, 3.63) is 53.1 Å². The van der Waals surface area contributed by atoms with Crippen LogP contribution in [0.1, 0.15) is 43.5 Å². The zero-order valence-corrected chi connectivity index (χ0v) is 17.1. The van der Waals surface area contributed by atoms with Gasteiger partial charge in [-0.25, -0.2) is 14.4 Å². The van der Waals surface area contributed by atoms with Gasteiger partial charge in [0.25, 0.3) is 0 Å². The molecule has 0 spiro atoms. The average Bonchev–Trinajstić information content (AvgIpc) is 3.24. The summed E-state index contributed by atoms with van der Waals surface area (Å²) in [4.78, 5) is 13.5. The van der Waals surface area contributed by atoms with E-state index >= 15 is 0 Å². The van der Waals surface area contributed by atoms with Crippen LogP contribution in [0.4, 0.5) is 4.39 Å². The van der Waals surface area contributed by atoms with Crippen molar-refractivity contribution in [3.63, 3.8) is 0 Å². The molecule has 5 nitrogen and oxygen atoms in total. The van der Waals surface area contributed by atoms with E-state index < -0.39 is 6.67 Å². The second kappa shape index (κ2) is 9.69. The zero-order chi connectivity index (χ0) is 20.8. The van der Waals surface area contributed by atoms with E-state index in [4.69, 9.17) is 0 Å². The maximum absolute atomic E-state index is 12.8. The van der Waals surface area contributed by atoms with Crippen LogP contribution >= 0.6 is 0 Å². The Hall–Kier alpha value is -2.96. The van der Waals surface area contributed by atoms with Crippen LogP contribution in [0.3, 0.4) is 0 Å². The molecule has 0 aromatic carbocycles. The van der Waals surface area contributed by atoms with E-state index in [-0.39, 0.29) is 6.04 Å². The molecule has 1 aromatic rings. The number of aromatic nitrogens is 1. The minimum atomic E-state index is -0.566. The summed E-state index contributed by atoms with van der Waals surface area (Å²) in [6.45, 7) is 2.15. The third kappa shape index (κ3) is 4.61. The Labute approximate surface area is 177 Å². The molecular weight excluding hydrogens is 377 g/mol. The van der Waals surface area contributed by atoms with E-state index in [1.54, 1.807) is 18.3 Å². The van der Waals surface area contributed by atoms with Gasteiger partial charge in [-0.3, -0.25) is 4.90 Å². The number of pyridine rings is 1. The highest BCUT2D eigenvalue weighted by molar-refractivity contribution is 5.72. The average molecular weight is 404 g/mol. The number of hydrogen-bond acceptors (Lipinski definition) is 5. The molecule has 2 atom stereocenters. The number of fused-ring (bicyclic) bond motifs is 1. The number of allylic oxidation sites excluding steroid dienone is 4. The van der Waals surface area contributed by atoms with Crippen molar-refractivity contribution in [2.24, 2.45) is 4.99 Å². The van der Waals surface area contributed by atoms with Gasteiger partial charge < -0.3 is 4.90 Å². The maximum Gasteiger partial charge on any atom is 0.159 e. The van der Waals surface area contributed by atoms with Gasteiger partial charge in [0.1, 0.15) is 18.4 Å². The predicted octanol–water partition coefficient (Wildman–Crippen LogP) is 3.60. The number of aliphatic imine (C=N–C) groups is 1. The quantitative estimate of drug-likeness (QED) is 0.708. The highest BCUT2D eigenvalue weighted by Crippen LogP contribution is 2.30. The fourth-order valence-electron chi connectivity index (χ4n) is 4.49. The summed E-state index contributed by atoms with van der Waals surface area (Å²) in [6, 6.07) is 8.26. The number of nitriles is 1. The van der Waals surface area contributed by atoms with E-state index in [1.807, 2.05) is 12.1 Å². The van der Waals surface area contributed by atoms with Crippen molar-refractivity contribution in [2.45, 2.75) is 50.9 Å². The second-order valence-electron chi connectivity index (χ2n) is 7.85. The molecule has 154 valence electrons. The molecule has 0 amide bonds. The smallest absolute Gasteiger partial charge is 0.159 e. The van der Waals surface area contributed by atoms with Crippen molar-refractivity contribution in [2.75, 3.05) is 19.6 Å². The summed E-state index contributed by atoms with van der Waals surface area (Å²) in [5.74, 6) is 6.51. The summed E-state index contributed by atoms with van der Waals surface area (Å²) >= 11 is 0. The molecule has 2 saturated heterocycles. The fraction of sp³-hybridized carbons (Fsp3) is 0.458. The molecule has 0 bridgehead atoms. The van der Waals surface area contributed by atoms with Crippen molar-refractivity contribution in [3.8, 4) is 17.9 Å². The van der Waals surface area contributed by atoms with Crippen LogP contribution in [-0.4, -0.2) is 52.7 Å². The molecule has 0 radical (unpaired) electrons. The van der Waals surface area contributed by atoms with Crippen LogP contribution in [0.15, 0.2) is 46.7 Å². The third-order valence-electron chi connectivity index (χ3n) is 5.98. The SMILES string of the molecule is N#CC1=C(\N2CCN3[C@H](CC[C@H]3C#Cc3cccc(CF)n3)C2)CCC\C=C/C=N\1. The van der Waals surface area contributed by atoms with E-state index in [9.17, 15) is 9.65 Å². The van der Waals surface area contributed by atoms with Crippen LogP contribution in [0, 0.1) is 23.2 Å². The first-order valence-electron chi connectivity index (χ1n) is 10.6. The van der Waals surface area contributed by atoms with E-state index in [0.717, 1.165) is 57.4 Å². The summed E-state index contributed by atoms with van der Waals surface area (Å²) in [7, 11) is 0. The summed E-state index contributed by atoms with van der Waals surface area (Å²) in [5, 5.41) is 9.62. The number of alkyl halides is 1. The normalized spacial score (nSPS) is 28.9. The third-order valence-corrected chi connectivity index (χ3v) is 5.98. The number of nitrogens with zero attached hydrogens (tertiary/aromatic N) is 5. The van der Waals surface area contributed by atoms with Gasteiger partial charge in [-0.05, 0) is 56.2 Å². The Kier molecular flexibility index (Phi) is 6.57. The first kappa shape index (κ1) is 20.3. The Bertz CT molecular complexity index is 962. The first-order chi connectivity index (χ1) is 14.8. The molecule has 3 aliphatic rings. The van der Waals surface area contributed by atoms with Gasteiger partial charge in [0.05, 0.1) is 17.4 Å². The van der Waals surface area contributed by atoms with Gasteiger partial charge in [0.2, 0.25) is 0 Å². The molecule has 3 aliphatic heterocycles. The van der Waals surface area contributed by atoms with Gasteiger partial charge in [-0.1, -0.05) is 18.1 Å². The number of halogens is 1.